The molecule has 1 aliphatic rings. The number of nitrogens with one attached hydrogen (secondary N) is 1. The van der Waals surface area contributed by atoms with Crippen molar-refractivity contribution in [3.8, 4) is 5.75 Å². The van der Waals surface area contributed by atoms with Gasteiger partial charge in [0.2, 0.25) is 5.90 Å². The molecule has 0 aliphatic carbocycles. The summed E-state index contributed by atoms with van der Waals surface area (Å²) in [5.41, 5.74) is 8.69. The first kappa shape index (κ1) is 31.4. The van der Waals surface area contributed by atoms with Crippen LogP contribution in [0.1, 0.15) is 76.7 Å². The van der Waals surface area contributed by atoms with E-state index >= 15 is 0 Å². The molecule has 0 bridgehead atoms. The molecule has 220 valence electrons. The molecule has 3 rings (SSSR count). The summed E-state index contributed by atoms with van der Waals surface area (Å²) in [5, 5.41) is 15.7. The van der Waals surface area contributed by atoms with E-state index in [1.165, 1.54) is 0 Å². The Bertz CT molecular complexity index is 1280. The highest BCUT2D eigenvalue weighted by Gasteiger charge is 2.54. The van der Waals surface area contributed by atoms with Crippen molar-refractivity contribution < 1.29 is 28.9 Å². The number of esters is 1. The van der Waals surface area contributed by atoms with E-state index in [9.17, 15) is 9.59 Å². The van der Waals surface area contributed by atoms with Gasteiger partial charge in [0.25, 0.3) is 5.91 Å². The van der Waals surface area contributed by atoms with E-state index in [0.717, 1.165) is 0 Å². The topological polar surface area (TPSA) is 155 Å². The Hall–Kier alpha value is -4.08. The number of nitrogens with zero attached hydrogens (tertiary/aromatic N) is 4. The smallest absolute Gasteiger partial charge is 0.306 e. The fraction of sp³-hybridized carbons (Fsp3) is 0.500. The van der Waals surface area contributed by atoms with Gasteiger partial charge in [0.05, 0.1) is 13.2 Å². The molecule has 1 aliphatic heterocycles. The van der Waals surface area contributed by atoms with E-state index in [1.807, 2.05) is 38.1 Å². The van der Waals surface area contributed by atoms with E-state index in [1.54, 1.807) is 45.0 Å². The number of hydrogen-bond donors (Lipinski definition) is 2. The Morgan fingerprint density at radius 1 is 1.20 bits per heavy atom. The fourth-order valence-electron chi connectivity index (χ4n) is 4.46. The first-order chi connectivity index (χ1) is 19.5. The number of rotatable bonds is 13. The Morgan fingerprint density at radius 3 is 2.54 bits per heavy atom. The lowest BCUT2D eigenvalue weighted by Gasteiger charge is -2.32. The van der Waals surface area contributed by atoms with Crippen LogP contribution in [0.4, 0.5) is 0 Å². The molecule has 1 heterocycles. The average molecular weight is 566 g/mol. The maximum absolute atomic E-state index is 14.0. The first-order valence-corrected chi connectivity index (χ1v) is 13.7. The molecule has 2 aromatic rings. The summed E-state index contributed by atoms with van der Waals surface area (Å²) >= 11 is 0. The van der Waals surface area contributed by atoms with Crippen LogP contribution in [0.15, 0.2) is 58.6 Å². The molecule has 0 aromatic heterocycles. The van der Waals surface area contributed by atoms with Gasteiger partial charge < -0.3 is 24.6 Å². The third-order valence-corrected chi connectivity index (χ3v) is 6.22. The molecule has 2 N–H and O–H groups in total. The lowest BCUT2D eigenvalue weighted by Crippen LogP contribution is -2.50. The zero-order valence-electron chi connectivity index (χ0n) is 24.3. The van der Waals surface area contributed by atoms with Gasteiger partial charge in [-0.1, -0.05) is 29.4 Å². The van der Waals surface area contributed by atoms with Crippen molar-refractivity contribution in [2.75, 3.05) is 13.2 Å². The first-order valence-electron chi connectivity index (χ1n) is 13.7. The highest BCUT2D eigenvalue weighted by atomic mass is 16.6. The predicted molar refractivity (Wildman–Crippen MR) is 154 cm³/mol. The second-order valence-electron chi connectivity index (χ2n) is 11.1. The van der Waals surface area contributed by atoms with Gasteiger partial charge >= 0.3 is 5.97 Å². The zero-order chi connectivity index (χ0) is 30.0. The van der Waals surface area contributed by atoms with Crippen LogP contribution in [-0.4, -0.2) is 53.3 Å². The number of azide groups is 1. The minimum Gasteiger partial charge on any atom is -0.494 e. The number of aliphatic hydroxyl groups excluding tert-OH is 1. The summed E-state index contributed by atoms with van der Waals surface area (Å²) in [7, 11) is 0. The standard InChI is InChI=1S/C30H39N5O6/c1-20(2)33-28(38)30(16-15-25(37)41-29(3,4)5)26(24-10-7-6-9-22(24)19-32-35-31)40-27(34-30)21-11-13-23(14-12-21)39-18-8-17-36/h6-7,9-14,20,26,36H,8,15-19H2,1-5H3,(H,33,38)/t26-,30-/m1/s1. The van der Waals surface area contributed by atoms with Gasteiger partial charge in [-0.2, -0.15) is 0 Å². The average Bonchev–Trinajstić information content (AvgIpc) is 3.31. The molecule has 1 amide bonds. The van der Waals surface area contributed by atoms with E-state index < -0.39 is 29.1 Å². The second-order valence-corrected chi connectivity index (χ2v) is 11.1. The number of carbonyl (C=O) groups excluding carboxylic acids is 2. The molecule has 0 spiro atoms. The minimum atomic E-state index is -1.51. The third kappa shape index (κ3) is 8.45. The van der Waals surface area contributed by atoms with Crippen LogP contribution in [0.25, 0.3) is 10.4 Å². The summed E-state index contributed by atoms with van der Waals surface area (Å²) in [5.74, 6) is 0.00589. The molecule has 2 aromatic carbocycles. The van der Waals surface area contributed by atoms with Crippen molar-refractivity contribution in [3.63, 3.8) is 0 Å². The van der Waals surface area contributed by atoms with Crippen LogP contribution >= 0.6 is 0 Å². The van der Waals surface area contributed by atoms with E-state index in [4.69, 9.17) is 29.8 Å². The van der Waals surface area contributed by atoms with Crippen molar-refractivity contribution in [2.24, 2.45) is 10.1 Å². The number of ether oxygens (including phenoxy) is 3. The minimum absolute atomic E-state index is 0.0207. The normalized spacial score (nSPS) is 18.2. The van der Waals surface area contributed by atoms with Gasteiger partial charge in [0, 0.05) is 36.0 Å². The Kier molecular flexibility index (Phi) is 10.7. The molecule has 0 fully saturated rings. The van der Waals surface area contributed by atoms with Crippen molar-refractivity contribution >= 4 is 17.8 Å². The van der Waals surface area contributed by atoms with Crippen molar-refractivity contribution in [2.45, 2.75) is 83.7 Å². The summed E-state index contributed by atoms with van der Waals surface area (Å²) in [4.78, 5) is 34.6. The number of amides is 1. The monoisotopic (exact) mass is 565 g/mol. The molecule has 0 saturated heterocycles. The number of hydrogen-bond acceptors (Lipinski definition) is 8. The lowest BCUT2D eigenvalue weighted by atomic mass is 9.81. The highest BCUT2D eigenvalue weighted by Crippen LogP contribution is 2.44. The zero-order valence-corrected chi connectivity index (χ0v) is 24.3. The Balaban J connectivity index is 2.09. The molecule has 0 radical (unpaired) electrons. The largest absolute Gasteiger partial charge is 0.494 e. The molecule has 41 heavy (non-hydrogen) atoms. The SMILES string of the molecule is CC(C)NC(=O)[C@]1(CCC(=O)OC(C)(C)C)N=C(c2ccc(OCCCO)cc2)O[C@@H]1c1ccccc1CN=[N+]=[N-]. The van der Waals surface area contributed by atoms with Crippen LogP contribution in [0.3, 0.4) is 0 Å². The molecule has 11 heteroatoms. The predicted octanol–water partition coefficient (Wildman–Crippen LogP) is 5.16. The fourth-order valence-corrected chi connectivity index (χ4v) is 4.46. The highest BCUT2D eigenvalue weighted by molar-refractivity contribution is 6.01. The quantitative estimate of drug-likeness (QED) is 0.112. The van der Waals surface area contributed by atoms with Gasteiger partial charge in [-0.25, -0.2) is 4.99 Å². The van der Waals surface area contributed by atoms with Crippen LogP contribution in [0, 0.1) is 0 Å². The molecular weight excluding hydrogens is 526 g/mol. The number of carbonyl (C=O) groups is 2. The van der Waals surface area contributed by atoms with Crippen molar-refractivity contribution in [1.29, 1.82) is 0 Å². The van der Waals surface area contributed by atoms with Crippen LogP contribution < -0.4 is 10.1 Å². The summed E-state index contributed by atoms with van der Waals surface area (Å²) in [6.45, 7) is 9.51. The van der Waals surface area contributed by atoms with Crippen LogP contribution in [-0.2, 0) is 25.6 Å². The van der Waals surface area contributed by atoms with Gasteiger partial charge in [0.15, 0.2) is 11.6 Å². The number of benzene rings is 2. The summed E-state index contributed by atoms with van der Waals surface area (Å²) < 4.78 is 17.7. The Morgan fingerprint density at radius 2 is 1.90 bits per heavy atom. The van der Waals surface area contributed by atoms with Crippen molar-refractivity contribution in [3.05, 3.63) is 75.7 Å². The lowest BCUT2D eigenvalue weighted by molar-refractivity contribution is -0.155. The number of aliphatic hydroxyl groups is 1. The van der Waals surface area contributed by atoms with Crippen molar-refractivity contribution in [1.82, 2.24) is 5.32 Å². The maximum atomic E-state index is 14.0. The molecule has 0 unspecified atom stereocenters. The van der Waals surface area contributed by atoms with E-state index in [0.29, 0.717) is 35.5 Å². The van der Waals surface area contributed by atoms with E-state index in [-0.39, 0.29) is 37.9 Å². The van der Waals surface area contributed by atoms with Gasteiger partial charge in [-0.15, -0.1) is 0 Å². The molecule has 11 nitrogen and oxygen atoms in total. The van der Waals surface area contributed by atoms with Gasteiger partial charge in [0.1, 0.15) is 11.4 Å². The van der Waals surface area contributed by atoms with Gasteiger partial charge in [-0.3, -0.25) is 9.59 Å². The number of aliphatic imine (C=N–C) groups is 1. The third-order valence-electron chi connectivity index (χ3n) is 6.22. The Labute approximate surface area is 240 Å². The second kappa shape index (κ2) is 14.0. The maximum Gasteiger partial charge on any atom is 0.306 e. The summed E-state index contributed by atoms with van der Waals surface area (Å²) in [6, 6.07) is 14.1. The molecule has 2 atom stereocenters. The molecular formula is C30H39N5O6. The summed E-state index contributed by atoms with van der Waals surface area (Å²) in [6.07, 6.45) is -0.452. The van der Waals surface area contributed by atoms with Crippen LogP contribution in [0.2, 0.25) is 0 Å². The van der Waals surface area contributed by atoms with E-state index in [2.05, 4.69) is 15.3 Å². The van der Waals surface area contributed by atoms with Crippen LogP contribution in [0.5, 0.6) is 5.75 Å². The van der Waals surface area contributed by atoms with Gasteiger partial charge in [-0.05, 0) is 82.0 Å². The molecule has 0 saturated carbocycles.